The van der Waals surface area contributed by atoms with E-state index in [1.54, 1.807) is 0 Å². The highest BCUT2D eigenvalue weighted by Gasteiger charge is 2.24. The Hall–Kier alpha value is -1.63. The molecule has 0 radical (unpaired) electrons. The van der Waals surface area contributed by atoms with Gasteiger partial charge in [0.2, 0.25) is 5.82 Å². The van der Waals surface area contributed by atoms with Gasteiger partial charge in [-0.25, -0.2) is 9.89 Å². The van der Waals surface area contributed by atoms with Gasteiger partial charge in [0.25, 0.3) is 5.56 Å². The minimum Gasteiger partial charge on any atom is -0.361 e. The highest BCUT2D eigenvalue weighted by molar-refractivity contribution is 5.30. The largest absolute Gasteiger partial charge is 0.361 e. The van der Waals surface area contributed by atoms with Crippen molar-refractivity contribution in [3.8, 4) is 0 Å². The standard InChI is InChI=1S/C10H17N5O2/c1-6-5-15(2)4-3-7(6)11-8-9(16)12-10(17)14-13-8/h6-7H,3-5H2,1-2H3,(H,11,13)(H2,12,14,16,17). The van der Waals surface area contributed by atoms with E-state index in [4.69, 9.17) is 0 Å². The van der Waals surface area contributed by atoms with Crippen LogP contribution in [0.15, 0.2) is 9.59 Å². The van der Waals surface area contributed by atoms with Crippen LogP contribution in [0, 0.1) is 5.92 Å². The van der Waals surface area contributed by atoms with E-state index >= 15 is 0 Å². The molecule has 2 rings (SSSR count). The number of aromatic amines is 2. The first kappa shape index (κ1) is 11.8. The fourth-order valence-electron chi connectivity index (χ4n) is 2.19. The van der Waals surface area contributed by atoms with Crippen LogP contribution < -0.4 is 16.6 Å². The number of aromatic nitrogens is 3. The zero-order chi connectivity index (χ0) is 12.4. The van der Waals surface area contributed by atoms with Gasteiger partial charge in [-0.2, -0.15) is 0 Å². The molecule has 2 unspecified atom stereocenters. The van der Waals surface area contributed by atoms with E-state index in [0.717, 1.165) is 19.5 Å². The fourth-order valence-corrected chi connectivity index (χ4v) is 2.19. The summed E-state index contributed by atoms with van der Waals surface area (Å²) < 4.78 is 0. The van der Waals surface area contributed by atoms with Gasteiger partial charge in [-0.1, -0.05) is 6.92 Å². The first-order chi connectivity index (χ1) is 8.06. The molecule has 7 nitrogen and oxygen atoms in total. The molecule has 0 aromatic carbocycles. The number of anilines is 1. The Balaban J connectivity index is 2.10. The van der Waals surface area contributed by atoms with Crippen LogP contribution in [-0.2, 0) is 0 Å². The minimum atomic E-state index is -0.586. The highest BCUT2D eigenvalue weighted by Crippen LogP contribution is 2.17. The summed E-state index contributed by atoms with van der Waals surface area (Å²) in [7, 11) is 2.08. The molecule has 2 atom stereocenters. The molecule has 17 heavy (non-hydrogen) atoms. The lowest BCUT2D eigenvalue weighted by Crippen LogP contribution is -2.44. The Morgan fingerprint density at radius 1 is 1.47 bits per heavy atom. The number of nitrogens with zero attached hydrogens (tertiary/aromatic N) is 2. The summed E-state index contributed by atoms with van der Waals surface area (Å²) in [5.74, 6) is 0.618. The number of nitrogens with one attached hydrogen (secondary N) is 3. The molecule has 1 aliphatic heterocycles. The molecule has 7 heteroatoms. The van der Waals surface area contributed by atoms with Crippen molar-refractivity contribution in [1.82, 2.24) is 20.1 Å². The second-order valence-electron chi connectivity index (χ2n) is 4.63. The fraction of sp³-hybridized carbons (Fsp3) is 0.700. The first-order valence-corrected chi connectivity index (χ1v) is 5.70. The molecule has 0 amide bonds. The molecule has 0 bridgehead atoms. The molecule has 0 spiro atoms. The number of hydrogen-bond acceptors (Lipinski definition) is 5. The van der Waals surface area contributed by atoms with Crippen LogP contribution in [0.2, 0.25) is 0 Å². The average molecular weight is 239 g/mol. The van der Waals surface area contributed by atoms with Crippen molar-refractivity contribution in [3.63, 3.8) is 0 Å². The normalized spacial score (nSPS) is 25.8. The molecule has 2 heterocycles. The van der Waals surface area contributed by atoms with Crippen molar-refractivity contribution in [1.29, 1.82) is 0 Å². The third-order valence-corrected chi connectivity index (χ3v) is 3.14. The number of rotatable bonds is 2. The van der Waals surface area contributed by atoms with Gasteiger partial charge in [-0.3, -0.25) is 9.78 Å². The van der Waals surface area contributed by atoms with Crippen molar-refractivity contribution >= 4 is 5.82 Å². The Labute approximate surface area is 98.2 Å². The smallest absolute Gasteiger partial charge is 0.342 e. The molecule has 0 aliphatic carbocycles. The molecule has 1 saturated heterocycles. The maximum absolute atomic E-state index is 11.5. The number of piperidine rings is 1. The highest BCUT2D eigenvalue weighted by atomic mass is 16.2. The summed E-state index contributed by atoms with van der Waals surface area (Å²) in [5, 5.41) is 9.03. The van der Waals surface area contributed by atoms with Crippen molar-refractivity contribution < 1.29 is 0 Å². The quantitative estimate of drug-likeness (QED) is 0.629. The topological polar surface area (TPSA) is 93.9 Å². The monoisotopic (exact) mass is 239 g/mol. The van der Waals surface area contributed by atoms with Crippen LogP contribution in [0.1, 0.15) is 13.3 Å². The summed E-state index contributed by atoms with van der Waals surface area (Å²) in [6, 6.07) is 0.214. The van der Waals surface area contributed by atoms with Gasteiger partial charge in [-0.15, -0.1) is 5.10 Å². The van der Waals surface area contributed by atoms with E-state index in [1.165, 1.54) is 0 Å². The third-order valence-electron chi connectivity index (χ3n) is 3.14. The van der Waals surface area contributed by atoms with Crippen molar-refractivity contribution in [2.45, 2.75) is 19.4 Å². The number of hydrogen-bond donors (Lipinski definition) is 3. The van der Waals surface area contributed by atoms with Gasteiger partial charge in [-0.05, 0) is 25.9 Å². The second-order valence-corrected chi connectivity index (χ2v) is 4.63. The van der Waals surface area contributed by atoms with Gasteiger partial charge < -0.3 is 10.2 Å². The van der Waals surface area contributed by atoms with Gasteiger partial charge in [0, 0.05) is 12.6 Å². The first-order valence-electron chi connectivity index (χ1n) is 5.70. The van der Waals surface area contributed by atoms with E-state index in [-0.39, 0.29) is 11.9 Å². The van der Waals surface area contributed by atoms with Crippen LogP contribution in [0.3, 0.4) is 0 Å². The van der Waals surface area contributed by atoms with Crippen molar-refractivity contribution in [2.24, 2.45) is 5.92 Å². The Morgan fingerprint density at radius 3 is 2.88 bits per heavy atom. The summed E-state index contributed by atoms with van der Waals surface area (Å²) in [5.41, 5.74) is -1.06. The number of H-pyrrole nitrogens is 2. The molecule has 3 N–H and O–H groups in total. The summed E-state index contributed by atoms with van der Waals surface area (Å²) in [4.78, 5) is 26.7. The minimum absolute atomic E-state index is 0.186. The van der Waals surface area contributed by atoms with E-state index < -0.39 is 11.2 Å². The third kappa shape index (κ3) is 2.73. The zero-order valence-corrected chi connectivity index (χ0v) is 9.99. The van der Waals surface area contributed by atoms with Gasteiger partial charge in [0.1, 0.15) is 0 Å². The molecule has 1 aromatic heterocycles. The Kier molecular flexibility index (Phi) is 3.28. The van der Waals surface area contributed by atoms with Gasteiger partial charge in [0.05, 0.1) is 0 Å². The maximum atomic E-state index is 11.5. The summed E-state index contributed by atoms with van der Waals surface area (Å²) in [6.07, 6.45) is 0.956. The van der Waals surface area contributed by atoms with Crippen molar-refractivity contribution in [3.05, 3.63) is 20.8 Å². The predicted octanol–water partition coefficient (Wildman–Crippen LogP) is -0.790. The number of likely N-dealkylation sites (tertiary alicyclic amines) is 1. The Bertz CT molecular complexity index is 494. The lowest BCUT2D eigenvalue weighted by Gasteiger charge is -2.35. The van der Waals surface area contributed by atoms with Gasteiger partial charge in [0.15, 0.2) is 0 Å². The van der Waals surface area contributed by atoms with Crippen LogP contribution in [-0.4, -0.2) is 46.3 Å². The summed E-state index contributed by atoms with van der Waals surface area (Å²) >= 11 is 0. The lowest BCUT2D eigenvalue weighted by molar-refractivity contribution is 0.206. The average Bonchev–Trinajstić information content (AvgIpc) is 2.25. The van der Waals surface area contributed by atoms with Crippen LogP contribution >= 0.6 is 0 Å². The maximum Gasteiger partial charge on any atom is 0.342 e. The molecular weight excluding hydrogens is 222 g/mol. The van der Waals surface area contributed by atoms with E-state index in [0.29, 0.717) is 5.92 Å². The lowest BCUT2D eigenvalue weighted by atomic mass is 9.94. The molecule has 1 fully saturated rings. The molecule has 1 aliphatic rings. The zero-order valence-electron chi connectivity index (χ0n) is 9.99. The second kappa shape index (κ2) is 4.70. The van der Waals surface area contributed by atoms with E-state index in [1.807, 2.05) is 0 Å². The van der Waals surface area contributed by atoms with E-state index in [9.17, 15) is 9.59 Å². The van der Waals surface area contributed by atoms with Gasteiger partial charge >= 0.3 is 5.69 Å². The predicted molar refractivity (Wildman–Crippen MR) is 64.2 cm³/mol. The SMILES string of the molecule is CC1CN(C)CCC1Nc1n[nH]c(=O)[nH]c1=O. The molecule has 94 valence electrons. The van der Waals surface area contributed by atoms with Crippen LogP contribution in [0.25, 0.3) is 0 Å². The summed E-state index contributed by atoms with van der Waals surface area (Å²) in [6.45, 7) is 4.11. The van der Waals surface area contributed by atoms with Crippen molar-refractivity contribution in [2.75, 3.05) is 25.5 Å². The van der Waals surface area contributed by atoms with E-state index in [2.05, 4.69) is 39.4 Å². The molecule has 1 aromatic rings. The Morgan fingerprint density at radius 2 is 2.24 bits per heavy atom. The van der Waals surface area contributed by atoms with Crippen LogP contribution in [0.4, 0.5) is 5.82 Å². The molecular formula is C10H17N5O2. The van der Waals surface area contributed by atoms with Crippen LogP contribution in [0.5, 0.6) is 0 Å². The molecule has 0 saturated carbocycles.